The number of halogens is 2. The molecule has 1 aliphatic rings. The van der Waals surface area contributed by atoms with Gasteiger partial charge < -0.3 is 10.2 Å². The van der Waals surface area contributed by atoms with E-state index < -0.39 is 17.7 Å². The number of nitrogens with zero attached hydrogens (tertiary/aromatic N) is 1. The van der Waals surface area contributed by atoms with Crippen LogP contribution in [0.25, 0.3) is 0 Å². The van der Waals surface area contributed by atoms with Gasteiger partial charge in [0.05, 0.1) is 0 Å². The molecule has 1 N–H and O–H groups in total. The Kier molecular flexibility index (Phi) is 2.85. The van der Waals surface area contributed by atoms with Crippen LogP contribution in [0, 0.1) is 5.41 Å². The smallest absolute Gasteiger partial charge is 0.254 e. The molecule has 0 bridgehead atoms. The van der Waals surface area contributed by atoms with Gasteiger partial charge in [-0.25, -0.2) is 8.78 Å². The maximum absolute atomic E-state index is 12.7. The average molecular weight is 192 g/mol. The lowest BCUT2D eigenvalue weighted by atomic mass is 9.86. The van der Waals surface area contributed by atoms with E-state index >= 15 is 0 Å². The third-order valence-corrected chi connectivity index (χ3v) is 2.44. The van der Waals surface area contributed by atoms with Crippen molar-refractivity contribution in [3.8, 4) is 0 Å². The van der Waals surface area contributed by atoms with Gasteiger partial charge >= 0.3 is 0 Å². The van der Waals surface area contributed by atoms with Crippen LogP contribution >= 0.6 is 0 Å². The monoisotopic (exact) mass is 192 g/mol. The van der Waals surface area contributed by atoms with Gasteiger partial charge in [-0.05, 0) is 13.0 Å². The lowest BCUT2D eigenvalue weighted by Crippen LogP contribution is -2.46. The summed E-state index contributed by atoms with van der Waals surface area (Å²) in [7, 11) is 3.01. The molecule has 0 spiro atoms. The molecule has 0 aliphatic carbocycles. The number of hydrogen-bond acceptors (Lipinski definition) is 2. The lowest BCUT2D eigenvalue weighted by molar-refractivity contribution is -0.147. The Morgan fingerprint density at radius 2 is 2.15 bits per heavy atom. The summed E-state index contributed by atoms with van der Waals surface area (Å²) in [5.41, 5.74) is -1.48. The minimum absolute atomic E-state index is 0.0850. The highest BCUT2D eigenvalue weighted by molar-refractivity contribution is 5.83. The fraction of sp³-hybridized carbons (Fsp3) is 0.875. The van der Waals surface area contributed by atoms with Crippen molar-refractivity contribution in [3.63, 3.8) is 0 Å². The second-order valence-corrected chi connectivity index (χ2v) is 3.58. The molecule has 0 aromatic carbocycles. The summed E-state index contributed by atoms with van der Waals surface area (Å²) in [4.78, 5) is 12.7. The van der Waals surface area contributed by atoms with E-state index in [9.17, 15) is 13.6 Å². The average Bonchev–Trinajstić information content (AvgIpc) is 2.51. The standard InChI is InChI=1S/C8H14F2N2O/c1-12(2)7(13)8(6(9)10)3-4-11-5-8/h6,11H,3-5H2,1-2H3. The van der Waals surface area contributed by atoms with E-state index in [1.165, 1.54) is 19.0 Å². The molecule has 0 radical (unpaired) electrons. The van der Waals surface area contributed by atoms with Gasteiger partial charge in [0.25, 0.3) is 6.43 Å². The summed E-state index contributed by atoms with van der Waals surface area (Å²) >= 11 is 0. The molecule has 1 fully saturated rings. The molecule has 5 heteroatoms. The number of hydrogen-bond donors (Lipinski definition) is 1. The predicted molar refractivity (Wildman–Crippen MR) is 44.6 cm³/mol. The molecule has 1 rings (SSSR count). The Hall–Kier alpha value is -0.710. The molecular weight excluding hydrogens is 178 g/mol. The van der Waals surface area contributed by atoms with E-state index in [1.807, 2.05) is 0 Å². The van der Waals surface area contributed by atoms with Crippen LogP contribution in [0.2, 0.25) is 0 Å². The summed E-state index contributed by atoms with van der Waals surface area (Å²) < 4.78 is 25.4. The zero-order valence-electron chi connectivity index (χ0n) is 7.81. The number of alkyl halides is 2. The zero-order chi connectivity index (χ0) is 10.1. The number of nitrogens with one attached hydrogen (secondary N) is 1. The van der Waals surface area contributed by atoms with Crippen LogP contribution in [0.3, 0.4) is 0 Å². The number of carbonyl (C=O) groups is 1. The third kappa shape index (κ3) is 1.65. The second-order valence-electron chi connectivity index (χ2n) is 3.58. The summed E-state index contributed by atoms with van der Waals surface area (Å²) in [6.45, 7) is 0.575. The first-order chi connectivity index (χ1) is 6.00. The Morgan fingerprint density at radius 1 is 1.54 bits per heavy atom. The first-order valence-electron chi connectivity index (χ1n) is 4.21. The van der Waals surface area contributed by atoms with E-state index in [4.69, 9.17) is 0 Å². The first-order valence-corrected chi connectivity index (χ1v) is 4.21. The van der Waals surface area contributed by atoms with E-state index in [0.29, 0.717) is 6.54 Å². The lowest BCUT2D eigenvalue weighted by Gasteiger charge is -2.28. The maximum atomic E-state index is 12.7. The highest BCUT2D eigenvalue weighted by atomic mass is 19.3. The molecule has 1 heterocycles. The summed E-state index contributed by atoms with van der Waals surface area (Å²) in [5.74, 6) is -0.479. The van der Waals surface area contributed by atoms with Crippen molar-refractivity contribution in [2.75, 3.05) is 27.2 Å². The van der Waals surface area contributed by atoms with Crippen LogP contribution in [0.5, 0.6) is 0 Å². The summed E-state index contributed by atoms with van der Waals surface area (Å²) in [5, 5.41) is 2.80. The van der Waals surface area contributed by atoms with Gasteiger partial charge in [0.2, 0.25) is 5.91 Å². The highest BCUT2D eigenvalue weighted by Crippen LogP contribution is 2.34. The number of rotatable bonds is 2. The van der Waals surface area contributed by atoms with Gasteiger partial charge in [0, 0.05) is 20.6 Å². The predicted octanol–water partition coefficient (Wildman–Crippen LogP) is 0.319. The molecular formula is C8H14F2N2O. The summed E-state index contributed by atoms with van der Waals surface area (Å²) in [6, 6.07) is 0. The molecule has 1 amide bonds. The van der Waals surface area contributed by atoms with Gasteiger partial charge in [-0.2, -0.15) is 0 Å². The van der Waals surface area contributed by atoms with E-state index in [2.05, 4.69) is 5.32 Å². The summed E-state index contributed by atoms with van der Waals surface area (Å²) in [6.07, 6.45) is -2.36. The Balaban J connectivity index is 2.84. The van der Waals surface area contributed by atoms with Gasteiger partial charge in [0.1, 0.15) is 5.41 Å². The minimum Gasteiger partial charge on any atom is -0.348 e. The van der Waals surface area contributed by atoms with Crippen molar-refractivity contribution in [1.82, 2.24) is 10.2 Å². The molecule has 0 aromatic heterocycles. The van der Waals surface area contributed by atoms with E-state index in [0.717, 1.165) is 0 Å². The molecule has 76 valence electrons. The molecule has 13 heavy (non-hydrogen) atoms. The van der Waals surface area contributed by atoms with Crippen molar-refractivity contribution in [3.05, 3.63) is 0 Å². The van der Waals surface area contributed by atoms with Crippen LogP contribution in [-0.2, 0) is 4.79 Å². The molecule has 1 saturated heterocycles. The molecule has 3 nitrogen and oxygen atoms in total. The topological polar surface area (TPSA) is 32.3 Å². The fourth-order valence-electron chi connectivity index (χ4n) is 1.62. The fourth-order valence-corrected chi connectivity index (χ4v) is 1.62. The first kappa shape index (κ1) is 10.4. The zero-order valence-corrected chi connectivity index (χ0v) is 7.81. The van der Waals surface area contributed by atoms with Crippen LogP contribution in [0.1, 0.15) is 6.42 Å². The second kappa shape index (κ2) is 3.57. The quantitative estimate of drug-likeness (QED) is 0.683. The molecule has 0 aromatic rings. The van der Waals surface area contributed by atoms with Crippen LogP contribution in [-0.4, -0.2) is 44.4 Å². The van der Waals surface area contributed by atoms with Crippen molar-refractivity contribution >= 4 is 5.91 Å². The molecule has 1 atom stereocenters. The number of amides is 1. The van der Waals surface area contributed by atoms with Gasteiger partial charge in [-0.1, -0.05) is 0 Å². The third-order valence-electron chi connectivity index (χ3n) is 2.44. The Labute approximate surface area is 76.1 Å². The van der Waals surface area contributed by atoms with Crippen LogP contribution in [0.15, 0.2) is 0 Å². The SMILES string of the molecule is CN(C)C(=O)C1(C(F)F)CCNC1. The van der Waals surface area contributed by atoms with Crippen molar-refractivity contribution in [2.24, 2.45) is 5.41 Å². The van der Waals surface area contributed by atoms with E-state index in [-0.39, 0.29) is 13.0 Å². The number of carbonyl (C=O) groups excluding carboxylic acids is 1. The van der Waals surface area contributed by atoms with Gasteiger partial charge in [-0.15, -0.1) is 0 Å². The Morgan fingerprint density at radius 3 is 2.46 bits per heavy atom. The van der Waals surface area contributed by atoms with Gasteiger partial charge in [-0.3, -0.25) is 4.79 Å². The molecule has 0 saturated carbocycles. The van der Waals surface area contributed by atoms with Crippen LogP contribution in [0.4, 0.5) is 8.78 Å². The molecule has 1 unspecified atom stereocenters. The minimum atomic E-state index is -2.59. The highest BCUT2D eigenvalue weighted by Gasteiger charge is 2.49. The van der Waals surface area contributed by atoms with Crippen molar-refractivity contribution in [1.29, 1.82) is 0 Å². The normalized spacial score (nSPS) is 28.1. The van der Waals surface area contributed by atoms with E-state index in [1.54, 1.807) is 0 Å². The largest absolute Gasteiger partial charge is 0.348 e. The maximum Gasteiger partial charge on any atom is 0.254 e. The van der Waals surface area contributed by atoms with Crippen molar-refractivity contribution in [2.45, 2.75) is 12.8 Å². The molecule has 1 aliphatic heterocycles. The van der Waals surface area contributed by atoms with Gasteiger partial charge in [0.15, 0.2) is 0 Å². The van der Waals surface area contributed by atoms with Crippen molar-refractivity contribution < 1.29 is 13.6 Å². The van der Waals surface area contributed by atoms with Crippen LogP contribution < -0.4 is 5.32 Å². The Bertz CT molecular complexity index is 200.